The van der Waals surface area contributed by atoms with Crippen LogP contribution in [0.1, 0.15) is 26.3 Å². The largest absolute Gasteiger partial charge is 0.483 e. The van der Waals surface area contributed by atoms with Gasteiger partial charge in [0.2, 0.25) is 0 Å². The molecular formula is C20H27ClN2O4. The average Bonchev–Trinajstić information content (AvgIpc) is 3.11. The zero-order valence-corrected chi connectivity index (χ0v) is 17.1. The van der Waals surface area contributed by atoms with Crippen molar-refractivity contribution in [1.29, 1.82) is 0 Å². The fourth-order valence-corrected chi connectivity index (χ4v) is 3.90. The topological polar surface area (TPSA) is 59.1 Å². The molecule has 0 N–H and O–H groups in total. The van der Waals surface area contributed by atoms with Crippen LogP contribution in [0, 0.1) is 18.8 Å². The van der Waals surface area contributed by atoms with Crippen LogP contribution >= 0.6 is 11.6 Å². The van der Waals surface area contributed by atoms with Crippen LogP contribution < -0.4 is 4.74 Å². The molecule has 2 amide bonds. The third-order valence-corrected chi connectivity index (χ3v) is 5.21. The molecule has 2 fully saturated rings. The molecule has 2 atom stereocenters. The van der Waals surface area contributed by atoms with E-state index in [4.69, 9.17) is 21.1 Å². The van der Waals surface area contributed by atoms with Gasteiger partial charge in [-0.25, -0.2) is 4.79 Å². The Balaban J connectivity index is 1.48. The van der Waals surface area contributed by atoms with Gasteiger partial charge in [-0.2, -0.15) is 0 Å². The smallest absolute Gasteiger partial charge is 0.410 e. The number of halogens is 1. The van der Waals surface area contributed by atoms with E-state index >= 15 is 0 Å². The van der Waals surface area contributed by atoms with E-state index in [9.17, 15) is 9.59 Å². The van der Waals surface area contributed by atoms with Crippen molar-refractivity contribution >= 4 is 23.6 Å². The third-order valence-electron chi connectivity index (χ3n) is 4.98. The van der Waals surface area contributed by atoms with Gasteiger partial charge in [0.1, 0.15) is 11.4 Å². The number of carbonyl (C=O) groups excluding carboxylic acids is 2. The molecule has 0 saturated carbocycles. The number of rotatable bonds is 3. The van der Waals surface area contributed by atoms with Crippen LogP contribution in [-0.2, 0) is 9.53 Å². The average molecular weight is 395 g/mol. The highest BCUT2D eigenvalue weighted by molar-refractivity contribution is 6.30. The molecule has 2 aliphatic rings. The molecule has 3 rings (SSSR count). The summed E-state index contributed by atoms with van der Waals surface area (Å²) >= 11 is 5.94. The number of benzene rings is 1. The Morgan fingerprint density at radius 2 is 1.70 bits per heavy atom. The third kappa shape index (κ3) is 4.86. The first kappa shape index (κ1) is 19.8. The molecule has 0 spiro atoms. The van der Waals surface area contributed by atoms with Gasteiger partial charge in [-0.3, -0.25) is 4.79 Å². The summed E-state index contributed by atoms with van der Waals surface area (Å²) in [5.41, 5.74) is 0.412. The summed E-state index contributed by atoms with van der Waals surface area (Å²) in [6, 6.07) is 5.34. The van der Waals surface area contributed by atoms with E-state index in [1.165, 1.54) is 0 Å². The van der Waals surface area contributed by atoms with E-state index in [2.05, 4.69) is 0 Å². The van der Waals surface area contributed by atoms with Gasteiger partial charge in [0.15, 0.2) is 6.61 Å². The Kier molecular flexibility index (Phi) is 5.56. The second-order valence-corrected chi connectivity index (χ2v) is 8.84. The van der Waals surface area contributed by atoms with Crippen LogP contribution in [0.4, 0.5) is 4.79 Å². The quantitative estimate of drug-likeness (QED) is 0.788. The maximum atomic E-state index is 12.5. The minimum atomic E-state index is -0.492. The molecule has 27 heavy (non-hydrogen) atoms. The summed E-state index contributed by atoms with van der Waals surface area (Å²) in [6.45, 7) is 10.1. The van der Waals surface area contributed by atoms with Crippen LogP contribution in [0.3, 0.4) is 0 Å². The number of carbonyl (C=O) groups is 2. The van der Waals surface area contributed by atoms with Crippen molar-refractivity contribution in [2.24, 2.45) is 11.8 Å². The molecule has 0 unspecified atom stereocenters. The molecule has 148 valence electrons. The minimum Gasteiger partial charge on any atom is -0.483 e. The lowest BCUT2D eigenvalue weighted by molar-refractivity contribution is -0.132. The van der Waals surface area contributed by atoms with Crippen LogP contribution in [0.5, 0.6) is 5.75 Å². The molecule has 0 bridgehead atoms. The van der Waals surface area contributed by atoms with Gasteiger partial charge < -0.3 is 19.3 Å². The fourth-order valence-electron chi connectivity index (χ4n) is 3.68. The first-order valence-corrected chi connectivity index (χ1v) is 9.65. The molecule has 2 aliphatic heterocycles. The second-order valence-electron chi connectivity index (χ2n) is 8.40. The molecule has 0 radical (unpaired) electrons. The molecule has 1 aromatic carbocycles. The van der Waals surface area contributed by atoms with Gasteiger partial charge >= 0.3 is 6.09 Å². The standard InChI is InChI=1S/C20H27ClN2O4/c1-13-7-16(21)5-6-17(13)26-12-18(24)22-8-14-10-23(11-15(14)9-22)19(25)27-20(2,3)4/h5-7,14-15H,8-12H2,1-4H3/t14-,15+. The summed E-state index contributed by atoms with van der Waals surface area (Å²) in [7, 11) is 0. The lowest BCUT2D eigenvalue weighted by Gasteiger charge is -2.26. The van der Waals surface area contributed by atoms with E-state index in [1.54, 1.807) is 17.0 Å². The van der Waals surface area contributed by atoms with E-state index in [-0.39, 0.29) is 18.6 Å². The Labute approximate surface area is 165 Å². The lowest BCUT2D eigenvalue weighted by Crippen LogP contribution is -2.39. The Morgan fingerprint density at radius 3 is 2.26 bits per heavy atom. The van der Waals surface area contributed by atoms with Crippen LogP contribution in [0.15, 0.2) is 18.2 Å². The summed E-state index contributed by atoms with van der Waals surface area (Å²) in [4.78, 5) is 28.3. The highest BCUT2D eigenvalue weighted by atomic mass is 35.5. The normalized spacial score (nSPS) is 22.0. The molecule has 0 aliphatic carbocycles. The Hall–Kier alpha value is -1.95. The summed E-state index contributed by atoms with van der Waals surface area (Å²) < 4.78 is 11.1. The Morgan fingerprint density at radius 1 is 1.11 bits per heavy atom. The van der Waals surface area contributed by atoms with Crippen molar-refractivity contribution in [2.45, 2.75) is 33.3 Å². The summed E-state index contributed by atoms with van der Waals surface area (Å²) in [5.74, 6) is 1.25. The van der Waals surface area contributed by atoms with Crippen molar-refractivity contribution in [3.05, 3.63) is 28.8 Å². The zero-order valence-electron chi connectivity index (χ0n) is 16.3. The fraction of sp³-hybridized carbons (Fsp3) is 0.600. The molecule has 2 heterocycles. The predicted octanol–water partition coefficient (Wildman–Crippen LogP) is 3.35. The monoisotopic (exact) mass is 394 g/mol. The first-order valence-electron chi connectivity index (χ1n) is 9.27. The number of aryl methyl sites for hydroxylation is 1. The predicted molar refractivity (Wildman–Crippen MR) is 103 cm³/mol. The van der Waals surface area contributed by atoms with Crippen LogP contribution in [0.2, 0.25) is 5.02 Å². The number of amides is 2. The van der Waals surface area contributed by atoms with Crippen molar-refractivity contribution in [3.8, 4) is 5.75 Å². The highest BCUT2D eigenvalue weighted by Crippen LogP contribution is 2.32. The zero-order chi connectivity index (χ0) is 19.8. The SMILES string of the molecule is Cc1cc(Cl)ccc1OCC(=O)N1C[C@@H]2CN(C(=O)OC(C)(C)C)C[C@@H]2C1. The van der Waals surface area contributed by atoms with Gasteiger partial charge in [0.25, 0.3) is 5.91 Å². The van der Waals surface area contributed by atoms with Crippen LogP contribution in [-0.4, -0.2) is 60.2 Å². The van der Waals surface area contributed by atoms with E-state index < -0.39 is 5.60 Å². The number of hydrogen-bond donors (Lipinski definition) is 0. The van der Waals surface area contributed by atoms with Crippen molar-refractivity contribution in [1.82, 2.24) is 9.80 Å². The highest BCUT2D eigenvalue weighted by Gasteiger charge is 2.44. The van der Waals surface area contributed by atoms with Gasteiger partial charge in [0, 0.05) is 43.0 Å². The summed E-state index contributed by atoms with van der Waals surface area (Å²) in [6.07, 6.45) is -0.267. The van der Waals surface area contributed by atoms with Crippen molar-refractivity contribution < 1.29 is 19.1 Å². The van der Waals surface area contributed by atoms with Gasteiger partial charge in [-0.05, 0) is 51.5 Å². The Bertz CT molecular complexity index is 717. The van der Waals surface area contributed by atoms with Gasteiger partial charge in [-0.1, -0.05) is 11.6 Å². The number of fused-ring (bicyclic) bond motifs is 1. The molecule has 2 saturated heterocycles. The number of ether oxygens (including phenoxy) is 2. The van der Waals surface area contributed by atoms with E-state index in [0.717, 1.165) is 5.56 Å². The molecule has 6 nitrogen and oxygen atoms in total. The lowest BCUT2D eigenvalue weighted by atomic mass is 10.0. The second kappa shape index (κ2) is 7.58. The van der Waals surface area contributed by atoms with Crippen molar-refractivity contribution in [3.63, 3.8) is 0 Å². The van der Waals surface area contributed by atoms with Crippen molar-refractivity contribution in [2.75, 3.05) is 32.8 Å². The van der Waals surface area contributed by atoms with Gasteiger partial charge in [0.05, 0.1) is 0 Å². The molecule has 1 aromatic rings. The molecular weight excluding hydrogens is 368 g/mol. The first-order chi connectivity index (χ1) is 12.6. The van der Waals surface area contributed by atoms with Gasteiger partial charge in [-0.15, -0.1) is 0 Å². The number of hydrogen-bond acceptors (Lipinski definition) is 4. The maximum absolute atomic E-state index is 12.5. The van der Waals surface area contributed by atoms with E-state index in [0.29, 0.717) is 48.8 Å². The molecule has 0 aromatic heterocycles. The minimum absolute atomic E-state index is 0.0116. The van der Waals surface area contributed by atoms with E-state index in [1.807, 2.05) is 38.7 Å². The number of likely N-dealkylation sites (tertiary alicyclic amines) is 2. The summed E-state index contributed by atoms with van der Waals surface area (Å²) in [5, 5.41) is 0.646. The molecule has 7 heteroatoms. The maximum Gasteiger partial charge on any atom is 0.410 e. The van der Waals surface area contributed by atoms with Crippen LogP contribution in [0.25, 0.3) is 0 Å². The number of nitrogens with zero attached hydrogens (tertiary/aromatic N) is 2.